The summed E-state index contributed by atoms with van der Waals surface area (Å²) >= 11 is 0. The number of benzene rings is 1. The van der Waals surface area contributed by atoms with Crippen LogP contribution in [-0.2, 0) is 0 Å². The molecule has 0 bridgehead atoms. The van der Waals surface area contributed by atoms with Crippen LogP contribution in [0.15, 0.2) is 24.3 Å². The van der Waals surface area contributed by atoms with Crippen LogP contribution in [0.25, 0.3) is 0 Å². The van der Waals surface area contributed by atoms with Crippen molar-refractivity contribution < 1.29 is 0 Å². The molecule has 1 aromatic carbocycles. The Labute approximate surface area is 131 Å². The van der Waals surface area contributed by atoms with Gasteiger partial charge in [-0.2, -0.15) is 0 Å². The van der Waals surface area contributed by atoms with E-state index in [1.807, 2.05) is 0 Å². The molecule has 0 saturated carbocycles. The average Bonchev–Trinajstić information content (AvgIpc) is 2.46. The Morgan fingerprint density at radius 1 is 1.00 bits per heavy atom. The third-order valence-corrected chi connectivity index (χ3v) is 3.86. The smallest absolute Gasteiger partial charge is 0.0368 e. The molecule has 1 atom stereocenters. The summed E-state index contributed by atoms with van der Waals surface area (Å²) < 4.78 is 0. The fraction of sp³-hybridized carbons (Fsp3) is 0.684. The van der Waals surface area contributed by atoms with Gasteiger partial charge in [0, 0.05) is 24.3 Å². The van der Waals surface area contributed by atoms with Gasteiger partial charge in [0.15, 0.2) is 0 Å². The number of anilines is 1. The normalized spacial score (nSPS) is 13.0. The SMILES string of the molecule is CCCNC(CC)c1ccc(N(CC(C)C)C(C)C)cc1. The minimum absolute atomic E-state index is 0.483. The van der Waals surface area contributed by atoms with Gasteiger partial charge in [0.25, 0.3) is 0 Å². The van der Waals surface area contributed by atoms with Crippen LogP contribution in [0.2, 0.25) is 0 Å². The van der Waals surface area contributed by atoms with Gasteiger partial charge in [0.05, 0.1) is 0 Å². The maximum atomic E-state index is 3.63. The lowest BCUT2D eigenvalue weighted by Gasteiger charge is -2.31. The van der Waals surface area contributed by atoms with Crippen molar-refractivity contribution in [1.82, 2.24) is 5.32 Å². The second-order valence-electron chi connectivity index (χ2n) is 6.65. The Balaban J connectivity index is 2.83. The first-order valence-corrected chi connectivity index (χ1v) is 8.59. The quantitative estimate of drug-likeness (QED) is 0.688. The highest BCUT2D eigenvalue weighted by molar-refractivity contribution is 5.48. The Morgan fingerprint density at radius 3 is 2.05 bits per heavy atom. The zero-order valence-electron chi connectivity index (χ0n) is 14.8. The van der Waals surface area contributed by atoms with Crippen molar-refractivity contribution in [3.05, 3.63) is 29.8 Å². The highest BCUT2D eigenvalue weighted by Crippen LogP contribution is 2.23. The fourth-order valence-corrected chi connectivity index (χ4v) is 2.72. The molecule has 0 heterocycles. The van der Waals surface area contributed by atoms with Gasteiger partial charge in [-0.15, -0.1) is 0 Å². The van der Waals surface area contributed by atoms with E-state index >= 15 is 0 Å². The molecule has 0 aliphatic rings. The van der Waals surface area contributed by atoms with Crippen LogP contribution in [0.1, 0.15) is 66.0 Å². The number of nitrogens with zero attached hydrogens (tertiary/aromatic N) is 1. The molecule has 2 heteroatoms. The molecule has 2 nitrogen and oxygen atoms in total. The molecule has 0 aromatic heterocycles. The highest BCUT2D eigenvalue weighted by atomic mass is 15.2. The Hall–Kier alpha value is -1.02. The molecule has 0 saturated heterocycles. The molecular weight excluding hydrogens is 256 g/mol. The van der Waals surface area contributed by atoms with Crippen molar-refractivity contribution >= 4 is 5.69 Å². The summed E-state index contributed by atoms with van der Waals surface area (Å²) in [6.07, 6.45) is 2.32. The zero-order valence-corrected chi connectivity index (χ0v) is 14.8. The van der Waals surface area contributed by atoms with Crippen LogP contribution >= 0.6 is 0 Å². The second kappa shape index (κ2) is 9.09. The summed E-state index contributed by atoms with van der Waals surface area (Å²) in [5.41, 5.74) is 2.75. The molecule has 1 N–H and O–H groups in total. The molecule has 1 aromatic rings. The summed E-state index contributed by atoms with van der Waals surface area (Å²) in [6, 6.07) is 10.2. The number of nitrogens with one attached hydrogen (secondary N) is 1. The lowest BCUT2D eigenvalue weighted by atomic mass is 10.0. The third kappa shape index (κ3) is 5.70. The maximum Gasteiger partial charge on any atom is 0.0368 e. The Kier molecular flexibility index (Phi) is 7.81. The van der Waals surface area contributed by atoms with Crippen LogP contribution < -0.4 is 10.2 Å². The molecule has 21 heavy (non-hydrogen) atoms. The van der Waals surface area contributed by atoms with Crippen LogP contribution in [0.5, 0.6) is 0 Å². The van der Waals surface area contributed by atoms with E-state index < -0.39 is 0 Å². The molecule has 1 unspecified atom stereocenters. The standard InChI is InChI=1S/C19H34N2/c1-7-13-20-19(8-2)17-9-11-18(12-10-17)21(16(5)6)14-15(3)4/h9-12,15-16,19-20H,7-8,13-14H2,1-6H3. The lowest BCUT2D eigenvalue weighted by molar-refractivity contribution is 0.518. The number of rotatable bonds is 9. The zero-order chi connectivity index (χ0) is 15.8. The topological polar surface area (TPSA) is 15.3 Å². The Morgan fingerprint density at radius 2 is 1.62 bits per heavy atom. The van der Waals surface area contributed by atoms with Gasteiger partial charge >= 0.3 is 0 Å². The van der Waals surface area contributed by atoms with Crippen molar-refractivity contribution in [2.75, 3.05) is 18.0 Å². The first kappa shape index (κ1) is 18.0. The van der Waals surface area contributed by atoms with E-state index in [0.717, 1.165) is 19.5 Å². The van der Waals surface area contributed by atoms with Crippen LogP contribution in [0.4, 0.5) is 5.69 Å². The van der Waals surface area contributed by atoms with Gasteiger partial charge in [-0.25, -0.2) is 0 Å². The van der Waals surface area contributed by atoms with Crippen molar-refractivity contribution in [2.45, 2.75) is 66.5 Å². The van der Waals surface area contributed by atoms with Crippen molar-refractivity contribution in [2.24, 2.45) is 5.92 Å². The first-order valence-electron chi connectivity index (χ1n) is 8.59. The van der Waals surface area contributed by atoms with Gasteiger partial charge < -0.3 is 10.2 Å². The summed E-state index contributed by atoms with van der Waals surface area (Å²) in [7, 11) is 0. The van der Waals surface area contributed by atoms with Gasteiger partial charge in [0.1, 0.15) is 0 Å². The van der Waals surface area contributed by atoms with Gasteiger partial charge in [-0.3, -0.25) is 0 Å². The number of hydrogen-bond acceptors (Lipinski definition) is 2. The van der Waals surface area contributed by atoms with E-state index in [9.17, 15) is 0 Å². The fourth-order valence-electron chi connectivity index (χ4n) is 2.72. The monoisotopic (exact) mass is 290 g/mol. The summed E-state index contributed by atoms with van der Waals surface area (Å²) in [6.45, 7) is 15.8. The van der Waals surface area contributed by atoms with E-state index in [4.69, 9.17) is 0 Å². The van der Waals surface area contributed by atoms with Crippen molar-refractivity contribution in [1.29, 1.82) is 0 Å². The molecule has 0 amide bonds. The number of hydrogen-bond donors (Lipinski definition) is 1. The van der Waals surface area contributed by atoms with Crippen LogP contribution in [0.3, 0.4) is 0 Å². The van der Waals surface area contributed by atoms with E-state index in [1.54, 1.807) is 0 Å². The predicted octanol–water partition coefficient (Wildman–Crippen LogP) is 5.01. The minimum Gasteiger partial charge on any atom is -0.369 e. The van der Waals surface area contributed by atoms with Crippen molar-refractivity contribution in [3.8, 4) is 0 Å². The van der Waals surface area contributed by atoms with E-state index in [1.165, 1.54) is 17.7 Å². The van der Waals surface area contributed by atoms with Gasteiger partial charge in [-0.1, -0.05) is 39.8 Å². The Bertz CT molecular complexity index is 381. The van der Waals surface area contributed by atoms with E-state index in [0.29, 0.717) is 18.0 Å². The molecule has 0 fully saturated rings. The van der Waals surface area contributed by atoms with Crippen molar-refractivity contribution in [3.63, 3.8) is 0 Å². The maximum absolute atomic E-state index is 3.63. The first-order chi connectivity index (χ1) is 9.99. The second-order valence-corrected chi connectivity index (χ2v) is 6.65. The summed E-state index contributed by atoms with van der Waals surface area (Å²) in [4.78, 5) is 2.49. The van der Waals surface area contributed by atoms with E-state index in [2.05, 4.69) is 76.0 Å². The molecule has 120 valence electrons. The van der Waals surface area contributed by atoms with Crippen LogP contribution in [0, 0.1) is 5.92 Å². The summed E-state index contributed by atoms with van der Waals surface area (Å²) in [5.74, 6) is 0.682. The third-order valence-electron chi connectivity index (χ3n) is 3.86. The lowest BCUT2D eigenvalue weighted by Crippen LogP contribution is -2.34. The van der Waals surface area contributed by atoms with E-state index in [-0.39, 0.29) is 0 Å². The molecular formula is C19H34N2. The minimum atomic E-state index is 0.483. The molecule has 0 aliphatic carbocycles. The summed E-state index contributed by atoms with van der Waals surface area (Å²) in [5, 5.41) is 3.63. The van der Waals surface area contributed by atoms with Gasteiger partial charge in [0.2, 0.25) is 0 Å². The average molecular weight is 290 g/mol. The molecule has 0 spiro atoms. The molecule has 0 aliphatic heterocycles. The van der Waals surface area contributed by atoms with Crippen LogP contribution in [-0.4, -0.2) is 19.1 Å². The molecule has 1 rings (SSSR count). The molecule has 0 radical (unpaired) electrons. The van der Waals surface area contributed by atoms with Gasteiger partial charge in [-0.05, 0) is 56.8 Å². The highest BCUT2D eigenvalue weighted by Gasteiger charge is 2.13. The predicted molar refractivity (Wildman–Crippen MR) is 95.1 cm³/mol. The largest absolute Gasteiger partial charge is 0.369 e.